The van der Waals surface area contributed by atoms with Crippen molar-refractivity contribution in [1.82, 2.24) is 4.98 Å². The van der Waals surface area contributed by atoms with Gasteiger partial charge in [0.2, 0.25) is 0 Å². The van der Waals surface area contributed by atoms with Gasteiger partial charge in [-0.05, 0) is 41.9 Å². The van der Waals surface area contributed by atoms with Gasteiger partial charge >= 0.3 is 0 Å². The van der Waals surface area contributed by atoms with Gasteiger partial charge in [-0.15, -0.1) is 0 Å². The first-order valence-electron chi connectivity index (χ1n) is 6.45. The maximum atomic E-state index is 12.3. The van der Waals surface area contributed by atoms with E-state index in [1.807, 2.05) is 13.8 Å². The number of nitrogens with zero attached hydrogens (tertiary/aromatic N) is 1. The monoisotopic (exact) mass is 370 g/mol. The fraction of sp³-hybridized carbons (Fsp3) is 0.286. The Morgan fingerprint density at radius 3 is 2.33 bits per heavy atom. The van der Waals surface area contributed by atoms with Gasteiger partial charge in [0.25, 0.3) is 5.91 Å². The van der Waals surface area contributed by atoms with Gasteiger partial charge in [-0.2, -0.15) is 0 Å². The van der Waals surface area contributed by atoms with E-state index in [9.17, 15) is 4.79 Å². The van der Waals surface area contributed by atoms with E-state index in [1.165, 1.54) is 11.3 Å². The molecule has 5 nitrogen and oxygen atoms in total. The summed E-state index contributed by atoms with van der Waals surface area (Å²) >= 11 is 4.66. The van der Waals surface area contributed by atoms with E-state index >= 15 is 0 Å². The molecule has 0 unspecified atom stereocenters. The smallest absolute Gasteiger partial charge is 0.257 e. The first-order valence-corrected chi connectivity index (χ1v) is 8.06. The summed E-state index contributed by atoms with van der Waals surface area (Å²) in [5.41, 5.74) is 0.468. The third-order valence-electron chi connectivity index (χ3n) is 2.46. The molecule has 7 heteroatoms. The van der Waals surface area contributed by atoms with Crippen LogP contribution in [0.2, 0.25) is 0 Å². The molecule has 1 aromatic heterocycles. The van der Waals surface area contributed by atoms with Crippen LogP contribution in [0.4, 0.5) is 5.13 Å². The molecular formula is C14H15BrN2O3S. The summed E-state index contributed by atoms with van der Waals surface area (Å²) in [6.45, 7) is 4.83. The van der Waals surface area contributed by atoms with Crippen LogP contribution in [0, 0.1) is 0 Å². The number of nitrogens with one attached hydrogen (secondary N) is 1. The lowest BCUT2D eigenvalue weighted by atomic mass is 10.2. The molecule has 1 amide bonds. The topological polar surface area (TPSA) is 60.5 Å². The average molecular weight is 371 g/mol. The highest BCUT2D eigenvalue weighted by Crippen LogP contribution is 2.26. The number of benzene rings is 1. The highest BCUT2D eigenvalue weighted by Gasteiger charge is 2.12. The fourth-order valence-corrected chi connectivity index (χ4v) is 2.79. The molecule has 0 bridgehead atoms. The molecule has 1 N–H and O–H groups in total. The van der Waals surface area contributed by atoms with Gasteiger partial charge in [0, 0.05) is 11.6 Å². The molecule has 2 aromatic rings. The number of amides is 1. The lowest BCUT2D eigenvalue weighted by Crippen LogP contribution is -2.12. The highest BCUT2D eigenvalue weighted by atomic mass is 79.9. The number of hydrogen-bond donors (Lipinski definition) is 1. The van der Waals surface area contributed by atoms with E-state index in [0.29, 0.717) is 35.4 Å². The Hall–Kier alpha value is -1.60. The third-order valence-corrected chi connectivity index (χ3v) is 3.85. The maximum absolute atomic E-state index is 12.3. The molecule has 0 radical (unpaired) electrons. The second-order valence-corrected chi connectivity index (χ2v) is 6.39. The van der Waals surface area contributed by atoms with Crippen molar-refractivity contribution in [3.8, 4) is 11.5 Å². The third kappa shape index (κ3) is 4.44. The Kier molecular flexibility index (Phi) is 5.58. The van der Waals surface area contributed by atoms with Gasteiger partial charge < -0.3 is 9.47 Å². The molecule has 0 aliphatic rings. The highest BCUT2D eigenvalue weighted by molar-refractivity contribution is 9.11. The minimum absolute atomic E-state index is 0.251. The predicted molar refractivity (Wildman–Crippen MR) is 86.5 cm³/mol. The van der Waals surface area contributed by atoms with E-state index in [-0.39, 0.29) is 5.91 Å². The van der Waals surface area contributed by atoms with Crippen molar-refractivity contribution in [2.24, 2.45) is 0 Å². The van der Waals surface area contributed by atoms with Crippen molar-refractivity contribution < 1.29 is 14.3 Å². The Labute approximate surface area is 135 Å². The van der Waals surface area contributed by atoms with Crippen molar-refractivity contribution in [3.05, 3.63) is 33.7 Å². The number of rotatable bonds is 6. The standard InChI is InChI=1S/C14H15BrN2O3S/c1-3-19-10-5-9(6-11(7-10)20-4-2)13(18)17-14-16-8-12(15)21-14/h5-8H,3-4H2,1-2H3,(H,16,17,18). The van der Waals surface area contributed by atoms with Crippen LogP contribution in [0.3, 0.4) is 0 Å². The number of ether oxygens (including phenoxy) is 2. The summed E-state index contributed by atoms with van der Waals surface area (Å²) in [5.74, 6) is 0.960. The van der Waals surface area contributed by atoms with Gasteiger partial charge in [0.1, 0.15) is 11.5 Å². The Morgan fingerprint density at radius 2 is 1.86 bits per heavy atom. The first-order chi connectivity index (χ1) is 10.1. The number of aromatic nitrogens is 1. The van der Waals surface area contributed by atoms with Crippen LogP contribution >= 0.6 is 27.3 Å². The fourth-order valence-electron chi connectivity index (χ4n) is 1.68. The predicted octanol–water partition coefficient (Wildman–Crippen LogP) is 3.96. The largest absolute Gasteiger partial charge is 0.494 e. The molecule has 0 aliphatic carbocycles. The van der Waals surface area contributed by atoms with Crippen molar-refractivity contribution in [1.29, 1.82) is 0 Å². The average Bonchev–Trinajstić information content (AvgIpc) is 2.84. The summed E-state index contributed by atoms with van der Waals surface area (Å²) in [7, 11) is 0. The van der Waals surface area contributed by atoms with Crippen LogP contribution in [0.15, 0.2) is 28.2 Å². The van der Waals surface area contributed by atoms with Crippen LogP contribution in [0.1, 0.15) is 24.2 Å². The van der Waals surface area contributed by atoms with E-state index in [4.69, 9.17) is 9.47 Å². The molecule has 0 saturated heterocycles. The molecule has 21 heavy (non-hydrogen) atoms. The first kappa shape index (κ1) is 15.8. The second kappa shape index (κ2) is 7.42. The minimum Gasteiger partial charge on any atom is -0.494 e. The van der Waals surface area contributed by atoms with E-state index in [1.54, 1.807) is 24.4 Å². The van der Waals surface area contributed by atoms with Gasteiger partial charge in [0.15, 0.2) is 5.13 Å². The van der Waals surface area contributed by atoms with Crippen LogP contribution in [-0.4, -0.2) is 24.1 Å². The normalized spacial score (nSPS) is 10.2. The number of hydrogen-bond acceptors (Lipinski definition) is 5. The molecular weight excluding hydrogens is 356 g/mol. The zero-order valence-corrected chi connectivity index (χ0v) is 14.1. The molecule has 0 fully saturated rings. The summed E-state index contributed by atoms with van der Waals surface area (Å²) in [6, 6.07) is 5.14. The van der Waals surface area contributed by atoms with Gasteiger partial charge in [-0.25, -0.2) is 4.98 Å². The van der Waals surface area contributed by atoms with E-state index < -0.39 is 0 Å². The minimum atomic E-state index is -0.251. The van der Waals surface area contributed by atoms with Crippen molar-refractivity contribution >= 4 is 38.3 Å². The summed E-state index contributed by atoms with van der Waals surface area (Å²) < 4.78 is 11.8. The van der Waals surface area contributed by atoms with Gasteiger partial charge in [0.05, 0.1) is 23.2 Å². The van der Waals surface area contributed by atoms with Crippen molar-refractivity contribution in [2.75, 3.05) is 18.5 Å². The number of carbonyl (C=O) groups is 1. The van der Waals surface area contributed by atoms with Crippen LogP contribution in [0.25, 0.3) is 0 Å². The number of halogens is 1. The van der Waals surface area contributed by atoms with Crippen molar-refractivity contribution in [3.63, 3.8) is 0 Å². The Bertz CT molecular complexity index is 606. The number of thiazole rings is 1. The Morgan fingerprint density at radius 1 is 1.24 bits per heavy atom. The SMILES string of the molecule is CCOc1cc(OCC)cc(C(=O)Nc2ncc(Br)s2)c1. The summed E-state index contributed by atoms with van der Waals surface area (Å²) in [4.78, 5) is 16.3. The quantitative estimate of drug-likeness (QED) is 0.835. The van der Waals surface area contributed by atoms with Crippen molar-refractivity contribution in [2.45, 2.75) is 13.8 Å². The number of carbonyl (C=O) groups excluding carboxylic acids is 1. The van der Waals surface area contributed by atoms with Crippen LogP contribution in [-0.2, 0) is 0 Å². The van der Waals surface area contributed by atoms with E-state index in [0.717, 1.165) is 3.79 Å². The lowest BCUT2D eigenvalue weighted by molar-refractivity contribution is 0.102. The molecule has 0 aliphatic heterocycles. The molecule has 112 valence electrons. The molecule has 1 heterocycles. The lowest BCUT2D eigenvalue weighted by Gasteiger charge is -2.10. The summed E-state index contributed by atoms with van der Waals surface area (Å²) in [5, 5.41) is 3.28. The molecule has 2 rings (SSSR count). The van der Waals surface area contributed by atoms with Crippen LogP contribution in [0.5, 0.6) is 11.5 Å². The van der Waals surface area contributed by atoms with E-state index in [2.05, 4.69) is 26.2 Å². The molecule has 1 aromatic carbocycles. The van der Waals surface area contributed by atoms with Crippen LogP contribution < -0.4 is 14.8 Å². The van der Waals surface area contributed by atoms with Gasteiger partial charge in [-0.1, -0.05) is 11.3 Å². The maximum Gasteiger partial charge on any atom is 0.257 e. The van der Waals surface area contributed by atoms with Gasteiger partial charge in [-0.3, -0.25) is 10.1 Å². The Balaban J connectivity index is 2.21. The molecule has 0 saturated carbocycles. The number of anilines is 1. The molecule has 0 spiro atoms. The zero-order valence-electron chi connectivity index (χ0n) is 11.7. The second-order valence-electron chi connectivity index (χ2n) is 3.98. The zero-order chi connectivity index (χ0) is 15.2. The summed E-state index contributed by atoms with van der Waals surface area (Å²) in [6.07, 6.45) is 1.64. The molecule has 0 atom stereocenters.